The van der Waals surface area contributed by atoms with Gasteiger partial charge in [0, 0.05) is 19.3 Å². The lowest BCUT2D eigenvalue weighted by atomic mass is 10.00. The van der Waals surface area contributed by atoms with E-state index in [1.807, 2.05) is 0 Å². The third-order valence-corrected chi connectivity index (χ3v) is 11.9. The Labute approximate surface area is 355 Å². The lowest BCUT2D eigenvalue weighted by Crippen LogP contribution is -2.30. The maximum atomic E-state index is 12.8. The number of hydrogen-bond acceptors (Lipinski definition) is 6. The average Bonchev–Trinajstić information content (AvgIpc) is 3.21. The van der Waals surface area contributed by atoms with Crippen LogP contribution >= 0.6 is 0 Å². The van der Waals surface area contributed by atoms with E-state index in [9.17, 15) is 14.4 Å². The van der Waals surface area contributed by atoms with Crippen molar-refractivity contribution < 1.29 is 28.6 Å². The van der Waals surface area contributed by atoms with Gasteiger partial charge in [0.15, 0.2) is 6.10 Å². The molecule has 2 atom stereocenters. The lowest BCUT2D eigenvalue weighted by Gasteiger charge is -2.18. The number of ether oxygens (including phenoxy) is 3. The van der Waals surface area contributed by atoms with Gasteiger partial charge in [-0.15, -0.1) is 0 Å². The molecule has 0 saturated heterocycles. The summed E-state index contributed by atoms with van der Waals surface area (Å²) in [4.78, 5) is 37.9. The number of hydrogen-bond donors (Lipinski definition) is 0. The molecule has 0 saturated carbocycles. The van der Waals surface area contributed by atoms with Crippen molar-refractivity contribution in [3.05, 3.63) is 0 Å². The van der Waals surface area contributed by atoms with Crippen LogP contribution in [0.4, 0.5) is 0 Å². The molecule has 1 unspecified atom stereocenters. The van der Waals surface area contributed by atoms with Crippen molar-refractivity contribution >= 4 is 17.9 Å². The number of carbonyl (C=O) groups excluding carboxylic acids is 3. The Bertz CT molecular complexity index is 859. The molecule has 0 aromatic rings. The van der Waals surface area contributed by atoms with Gasteiger partial charge in [-0.3, -0.25) is 14.4 Å². The fourth-order valence-electron chi connectivity index (χ4n) is 7.66. The summed E-state index contributed by atoms with van der Waals surface area (Å²) < 4.78 is 16.8. The molecular weight excluding hydrogens is 709 g/mol. The molecule has 0 N–H and O–H groups in total. The third kappa shape index (κ3) is 43.8. The molecule has 0 fully saturated rings. The number of unbranched alkanes of at least 4 members (excludes halogenated alkanes) is 32. The Morgan fingerprint density at radius 2 is 0.614 bits per heavy atom. The van der Waals surface area contributed by atoms with Crippen LogP contribution in [-0.2, 0) is 28.6 Å². The van der Waals surface area contributed by atoms with Crippen LogP contribution in [0.1, 0.15) is 285 Å². The fraction of sp³-hybridized carbons (Fsp3) is 0.941. The van der Waals surface area contributed by atoms with Crippen LogP contribution in [0.25, 0.3) is 0 Å². The van der Waals surface area contributed by atoms with Crippen LogP contribution in [0.2, 0.25) is 0 Å². The van der Waals surface area contributed by atoms with Gasteiger partial charge in [-0.05, 0) is 25.2 Å². The Kier molecular flexibility index (Phi) is 44.2. The van der Waals surface area contributed by atoms with Crippen molar-refractivity contribution in [1.82, 2.24) is 0 Å². The smallest absolute Gasteiger partial charge is 0.306 e. The topological polar surface area (TPSA) is 78.9 Å². The summed E-state index contributed by atoms with van der Waals surface area (Å²) >= 11 is 0. The van der Waals surface area contributed by atoms with E-state index in [0.717, 1.165) is 63.7 Å². The summed E-state index contributed by atoms with van der Waals surface area (Å²) in [6.07, 6.45) is 46.6. The van der Waals surface area contributed by atoms with Crippen LogP contribution in [-0.4, -0.2) is 37.2 Å². The van der Waals surface area contributed by atoms with Gasteiger partial charge in [0.05, 0.1) is 0 Å². The van der Waals surface area contributed by atoms with Crippen molar-refractivity contribution in [1.29, 1.82) is 0 Å². The van der Waals surface area contributed by atoms with Gasteiger partial charge < -0.3 is 14.2 Å². The first-order valence-electron chi connectivity index (χ1n) is 25.4. The summed E-state index contributed by atoms with van der Waals surface area (Å²) in [5.41, 5.74) is 0. The molecule has 0 aromatic heterocycles. The molecule has 0 aromatic carbocycles. The van der Waals surface area contributed by atoms with Crippen LogP contribution < -0.4 is 0 Å². The molecule has 0 bridgehead atoms. The van der Waals surface area contributed by atoms with Gasteiger partial charge in [0.1, 0.15) is 13.2 Å². The molecule has 0 amide bonds. The maximum Gasteiger partial charge on any atom is 0.306 e. The molecule has 0 heterocycles. The second-order valence-corrected chi connectivity index (χ2v) is 17.7. The molecule has 0 aliphatic rings. The number of esters is 3. The summed E-state index contributed by atoms with van der Waals surface area (Å²) in [5, 5.41) is 0. The highest BCUT2D eigenvalue weighted by Gasteiger charge is 2.19. The zero-order valence-corrected chi connectivity index (χ0v) is 38.8. The van der Waals surface area contributed by atoms with E-state index >= 15 is 0 Å². The van der Waals surface area contributed by atoms with Gasteiger partial charge in [-0.25, -0.2) is 0 Å². The van der Waals surface area contributed by atoms with Crippen molar-refractivity contribution in [2.24, 2.45) is 5.92 Å². The molecule has 0 radical (unpaired) electrons. The van der Waals surface area contributed by atoms with Crippen LogP contribution in [0.5, 0.6) is 0 Å². The summed E-state index contributed by atoms with van der Waals surface area (Å²) in [5.74, 6) is -0.0344. The van der Waals surface area contributed by atoms with Gasteiger partial charge in [0.25, 0.3) is 0 Å². The third-order valence-electron chi connectivity index (χ3n) is 11.9. The standard InChI is InChI=1S/C51H98O6/c1-5-8-10-12-14-16-18-20-21-22-24-26-28-30-36-40-44-51(54)57-48(46-56-50(53)43-39-35-32-31-33-37-41-47(4)7-3)45-55-49(52)42-38-34-29-27-25-23-19-17-15-13-11-9-6-2/h47-48H,5-46H2,1-4H3/t47?,48-/m1/s1. The van der Waals surface area contributed by atoms with E-state index in [1.165, 1.54) is 180 Å². The highest BCUT2D eigenvalue weighted by Crippen LogP contribution is 2.17. The van der Waals surface area contributed by atoms with Crippen LogP contribution in [0, 0.1) is 5.92 Å². The second kappa shape index (κ2) is 45.5. The molecule has 0 spiro atoms. The van der Waals surface area contributed by atoms with Gasteiger partial charge in [0.2, 0.25) is 0 Å². The predicted molar refractivity (Wildman–Crippen MR) is 243 cm³/mol. The van der Waals surface area contributed by atoms with E-state index in [0.29, 0.717) is 19.3 Å². The minimum atomic E-state index is -0.761. The summed E-state index contributed by atoms with van der Waals surface area (Å²) in [7, 11) is 0. The van der Waals surface area contributed by atoms with Gasteiger partial charge in [-0.2, -0.15) is 0 Å². The molecule has 0 aliphatic heterocycles. The lowest BCUT2D eigenvalue weighted by molar-refractivity contribution is -0.167. The van der Waals surface area contributed by atoms with E-state index < -0.39 is 6.10 Å². The molecule has 6 heteroatoms. The first-order valence-corrected chi connectivity index (χ1v) is 25.4. The van der Waals surface area contributed by atoms with Crippen molar-refractivity contribution in [2.45, 2.75) is 291 Å². The largest absolute Gasteiger partial charge is 0.462 e. The monoisotopic (exact) mass is 807 g/mol. The predicted octanol–water partition coefficient (Wildman–Crippen LogP) is 16.3. The first-order chi connectivity index (χ1) is 27.9. The Morgan fingerprint density at radius 3 is 0.912 bits per heavy atom. The number of carbonyl (C=O) groups is 3. The first kappa shape index (κ1) is 55.4. The average molecular weight is 807 g/mol. The SMILES string of the molecule is CCCCCCCCCCCCCCCCCCC(=O)O[C@H](COC(=O)CCCCCCCCCCCCCCC)COC(=O)CCCCCCCCC(C)CC. The maximum absolute atomic E-state index is 12.8. The van der Waals surface area contributed by atoms with Gasteiger partial charge >= 0.3 is 17.9 Å². The highest BCUT2D eigenvalue weighted by molar-refractivity contribution is 5.71. The Hall–Kier alpha value is -1.59. The molecule has 0 aliphatic carbocycles. The fourth-order valence-corrected chi connectivity index (χ4v) is 7.66. The quantitative estimate of drug-likeness (QED) is 0.0346. The van der Waals surface area contributed by atoms with E-state index in [4.69, 9.17) is 14.2 Å². The number of rotatable bonds is 46. The van der Waals surface area contributed by atoms with Crippen molar-refractivity contribution in [3.63, 3.8) is 0 Å². The molecular formula is C51H98O6. The van der Waals surface area contributed by atoms with E-state index in [1.54, 1.807) is 0 Å². The molecule has 6 nitrogen and oxygen atoms in total. The zero-order valence-electron chi connectivity index (χ0n) is 38.8. The zero-order chi connectivity index (χ0) is 41.7. The summed E-state index contributed by atoms with van der Waals surface area (Å²) in [6.45, 7) is 8.99. The second-order valence-electron chi connectivity index (χ2n) is 17.7. The van der Waals surface area contributed by atoms with Crippen molar-refractivity contribution in [3.8, 4) is 0 Å². The molecule has 0 rings (SSSR count). The Morgan fingerprint density at radius 1 is 0.351 bits per heavy atom. The normalized spacial score (nSPS) is 12.4. The molecule has 338 valence electrons. The van der Waals surface area contributed by atoms with Crippen LogP contribution in [0.3, 0.4) is 0 Å². The minimum Gasteiger partial charge on any atom is -0.462 e. The van der Waals surface area contributed by atoms with E-state index in [-0.39, 0.29) is 31.1 Å². The van der Waals surface area contributed by atoms with Crippen molar-refractivity contribution in [2.75, 3.05) is 13.2 Å². The minimum absolute atomic E-state index is 0.0636. The molecule has 57 heavy (non-hydrogen) atoms. The van der Waals surface area contributed by atoms with Crippen LogP contribution in [0.15, 0.2) is 0 Å². The summed E-state index contributed by atoms with van der Waals surface area (Å²) in [6, 6.07) is 0. The Balaban J connectivity index is 4.30. The van der Waals surface area contributed by atoms with E-state index in [2.05, 4.69) is 27.7 Å². The highest BCUT2D eigenvalue weighted by atomic mass is 16.6. The van der Waals surface area contributed by atoms with Gasteiger partial charge in [-0.1, -0.05) is 246 Å².